The Balaban J connectivity index is 2.54. The second-order valence-electron chi connectivity index (χ2n) is 2.94. The van der Waals surface area contributed by atoms with Crippen LogP contribution in [0.5, 0.6) is 0 Å². The molecule has 0 saturated heterocycles. The summed E-state index contributed by atoms with van der Waals surface area (Å²) in [6.45, 7) is 5.21. The topological polar surface area (TPSA) is 50.7 Å². The molecule has 0 aliphatic heterocycles. The number of aromatic nitrogens is 3. The van der Waals surface area contributed by atoms with E-state index in [1.165, 1.54) is 6.42 Å². The Hall–Kier alpha value is -1.19. The number of anilines is 1. The van der Waals surface area contributed by atoms with Crippen molar-refractivity contribution in [3.8, 4) is 0 Å². The summed E-state index contributed by atoms with van der Waals surface area (Å²) < 4.78 is 0. The molecule has 4 nitrogen and oxygen atoms in total. The summed E-state index contributed by atoms with van der Waals surface area (Å²) in [5.41, 5.74) is 1.13. The van der Waals surface area contributed by atoms with Crippen molar-refractivity contribution in [3.63, 3.8) is 0 Å². The monoisotopic (exact) mass is 180 g/mol. The fourth-order valence-electron chi connectivity index (χ4n) is 1.08. The maximum atomic E-state index is 3.95. The van der Waals surface area contributed by atoms with Crippen LogP contribution < -0.4 is 5.32 Å². The third kappa shape index (κ3) is 2.97. The zero-order chi connectivity index (χ0) is 9.52. The van der Waals surface area contributed by atoms with E-state index in [2.05, 4.69) is 34.6 Å². The summed E-state index contributed by atoms with van der Waals surface area (Å²) in [4.78, 5) is 0. The highest BCUT2D eigenvalue weighted by Gasteiger charge is 2.00. The maximum Gasteiger partial charge on any atom is 0.155 e. The fraction of sp³-hybridized carbons (Fsp3) is 0.667. The number of aryl methyl sites for hydroxylation is 1. The summed E-state index contributed by atoms with van der Waals surface area (Å²) in [7, 11) is 0. The highest BCUT2D eigenvalue weighted by molar-refractivity contribution is 5.40. The van der Waals surface area contributed by atoms with Gasteiger partial charge in [-0.05, 0) is 18.1 Å². The van der Waals surface area contributed by atoms with Gasteiger partial charge in [0.25, 0.3) is 0 Å². The Morgan fingerprint density at radius 3 is 2.92 bits per heavy atom. The van der Waals surface area contributed by atoms with Gasteiger partial charge in [-0.1, -0.05) is 20.3 Å². The second-order valence-corrected chi connectivity index (χ2v) is 2.94. The van der Waals surface area contributed by atoms with Crippen molar-refractivity contribution in [2.24, 2.45) is 0 Å². The van der Waals surface area contributed by atoms with Crippen LogP contribution in [0.3, 0.4) is 0 Å². The molecular formula is C9H16N4. The quantitative estimate of drug-likeness (QED) is 0.700. The summed E-state index contributed by atoms with van der Waals surface area (Å²) in [6.07, 6.45) is 5.05. The molecule has 13 heavy (non-hydrogen) atoms. The largest absolute Gasteiger partial charge is 0.368 e. The first-order chi connectivity index (χ1) is 6.38. The highest BCUT2D eigenvalue weighted by atomic mass is 15.3. The number of nitrogens with one attached hydrogen (secondary N) is 1. The van der Waals surface area contributed by atoms with Gasteiger partial charge in [-0.3, -0.25) is 0 Å². The van der Waals surface area contributed by atoms with Gasteiger partial charge in [0.1, 0.15) is 0 Å². The lowest BCUT2D eigenvalue weighted by molar-refractivity contribution is 0.802. The van der Waals surface area contributed by atoms with Crippen molar-refractivity contribution in [1.82, 2.24) is 15.4 Å². The minimum atomic E-state index is 0.881. The molecule has 1 aromatic rings. The molecule has 1 heterocycles. The van der Waals surface area contributed by atoms with Gasteiger partial charge >= 0.3 is 0 Å². The molecule has 1 N–H and O–H groups in total. The Kier molecular flexibility index (Phi) is 4.15. The number of hydrogen-bond acceptors (Lipinski definition) is 4. The van der Waals surface area contributed by atoms with Gasteiger partial charge in [0.15, 0.2) is 5.82 Å². The molecule has 0 bridgehead atoms. The zero-order valence-corrected chi connectivity index (χ0v) is 8.25. The molecule has 0 radical (unpaired) electrons. The van der Waals surface area contributed by atoms with Gasteiger partial charge in [-0.15, -0.1) is 10.2 Å². The van der Waals surface area contributed by atoms with Crippen LogP contribution in [-0.2, 0) is 6.42 Å². The highest BCUT2D eigenvalue weighted by Crippen LogP contribution is 2.08. The Bertz CT molecular complexity index is 249. The average molecular weight is 180 g/mol. The third-order valence-corrected chi connectivity index (χ3v) is 1.92. The van der Waals surface area contributed by atoms with E-state index in [0.717, 1.165) is 30.8 Å². The van der Waals surface area contributed by atoms with Crippen molar-refractivity contribution in [3.05, 3.63) is 11.8 Å². The van der Waals surface area contributed by atoms with E-state index in [0.29, 0.717) is 0 Å². The van der Waals surface area contributed by atoms with Crippen LogP contribution in [0.15, 0.2) is 6.20 Å². The van der Waals surface area contributed by atoms with E-state index in [4.69, 9.17) is 0 Å². The Labute approximate surface area is 78.8 Å². The van der Waals surface area contributed by atoms with Crippen LogP contribution in [0.25, 0.3) is 0 Å². The molecule has 0 aliphatic carbocycles. The molecule has 0 spiro atoms. The van der Waals surface area contributed by atoms with E-state index in [9.17, 15) is 0 Å². The predicted octanol–water partition coefficient (Wildman–Crippen LogP) is 1.65. The molecule has 0 amide bonds. The lowest BCUT2D eigenvalue weighted by Crippen LogP contribution is -2.07. The first-order valence-corrected chi connectivity index (χ1v) is 4.79. The first kappa shape index (κ1) is 9.89. The van der Waals surface area contributed by atoms with Crippen LogP contribution in [0.4, 0.5) is 5.82 Å². The molecule has 0 unspecified atom stereocenters. The molecule has 4 heteroatoms. The average Bonchev–Trinajstić information content (AvgIpc) is 2.19. The molecule has 0 atom stereocenters. The van der Waals surface area contributed by atoms with Crippen LogP contribution >= 0.6 is 0 Å². The fourth-order valence-corrected chi connectivity index (χ4v) is 1.08. The summed E-state index contributed by atoms with van der Waals surface area (Å²) in [5, 5.41) is 14.6. The SMILES string of the molecule is CCCCNc1nnncc1CC. The van der Waals surface area contributed by atoms with E-state index < -0.39 is 0 Å². The van der Waals surface area contributed by atoms with Gasteiger partial charge in [0.2, 0.25) is 0 Å². The van der Waals surface area contributed by atoms with Gasteiger partial charge < -0.3 is 5.32 Å². The number of unbranched alkanes of at least 4 members (excludes halogenated alkanes) is 1. The summed E-state index contributed by atoms with van der Waals surface area (Å²) in [5.74, 6) is 0.881. The van der Waals surface area contributed by atoms with Gasteiger partial charge in [-0.25, -0.2) is 0 Å². The summed E-state index contributed by atoms with van der Waals surface area (Å²) >= 11 is 0. The van der Waals surface area contributed by atoms with Crippen molar-refractivity contribution < 1.29 is 0 Å². The molecule has 0 aromatic carbocycles. The van der Waals surface area contributed by atoms with E-state index in [1.807, 2.05) is 0 Å². The van der Waals surface area contributed by atoms with Gasteiger partial charge in [0, 0.05) is 12.1 Å². The van der Waals surface area contributed by atoms with Crippen molar-refractivity contribution in [2.75, 3.05) is 11.9 Å². The number of hydrogen-bond donors (Lipinski definition) is 1. The standard InChI is InChI=1S/C9H16N4/c1-3-5-6-10-9-8(4-2)7-11-13-12-9/h7H,3-6H2,1-2H3,(H,10,11,12). The van der Waals surface area contributed by atoms with Gasteiger partial charge in [0.05, 0.1) is 6.20 Å². The maximum absolute atomic E-state index is 3.95. The molecule has 72 valence electrons. The van der Waals surface area contributed by atoms with Crippen molar-refractivity contribution >= 4 is 5.82 Å². The molecule has 1 rings (SSSR count). The van der Waals surface area contributed by atoms with Gasteiger partial charge in [-0.2, -0.15) is 0 Å². The lowest BCUT2D eigenvalue weighted by atomic mass is 10.2. The number of nitrogens with zero attached hydrogens (tertiary/aromatic N) is 3. The molecule has 0 fully saturated rings. The normalized spacial score (nSPS) is 10.0. The molecule has 0 aliphatic rings. The summed E-state index contributed by atoms with van der Waals surface area (Å²) in [6, 6.07) is 0. The molecule has 0 saturated carbocycles. The van der Waals surface area contributed by atoms with E-state index >= 15 is 0 Å². The Morgan fingerprint density at radius 2 is 2.23 bits per heavy atom. The zero-order valence-electron chi connectivity index (χ0n) is 8.25. The molecular weight excluding hydrogens is 164 g/mol. The van der Waals surface area contributed by atoms with E-state index in [1.54, 1.807) is 6.20 Å². The van der Waals surface area contributed by atoms with E-state index in [-0.39, 0.29) is 0 Å². The third-order valence-electron chi connectivity index (χ3n) is 1.92. The first-order valence-electron chi connectivity index (χ1n) is 4.79. The van der Waals surface area contributed by atoms with Crippen LogP contribution in [0.2, 0.25) is 0 Å². The minimum Gasteiger partial charge on any atom is -0.368 e. The number of rotatable bonds is 5. The van der Waals surface area contributed by atoms with Crippen LogP contribution in [-0.4, -0.2) is 22.0 Å². The predicted molar refractivity (Wildman–Crippen MR) is 52.6 cm³/mol. The molecule has 1 aromatic heterocycles. The van der Waals surface area contributed by atoms with Crippen molar-refractivity contribution in [2.45, 2.75) is 33.1 Å². The van der Waals surface area contributed by atoms with Crippen LogP contribution in [0, 0.1) is 0 Å². The smallest absolute Gasteiger partial charge is 0.155 e. The minimum absolute atomic E-state index is 0.881. The Morgan fingerprint density at radius 1 is 1.38 bits per heavy atom. The van der Waals surface area contributed by atoms with Crippen molar-refractivity contribution in [1.29, 1.82) is 0 Å². The lowest BCUT2D eigenvalue weighted by Gasteiger charge is -2.06. The second kappa shape index (κ2) is 5.45. The van der Waals surface area contributed by atoms with Crippen LogP contribution in [0.1, 0.15) is 32.3 Å².